The quantitative estimate of drug-likeness (QED) is 0.453. The van der Waals surface area contributed by atoms with E-state index in [1.165, 1.54) is 43.1 Å². The number of halogens is 2. The Morgan fingerprint density at radius 1 is 1.03 bits per heavy atom. The first-order valence-corrected chi connectivity index (χ1v) is 15.0. The number of benzene rings is 1. The van der Waals surface area contributed by atoms with Gasteiger partial charge in [-0.1, -0.05) is 20.8 Å². The van der Waals surface area contributed by atoms with Gasteiger partial charge in [-0.3, -0.25) is 0 Å². The molecule has 36 heavy (non-hydrogen) atoms. The van der Waals surface area contributed by atoms with E-state index < -0.39 is 11.6 Å². The van der Waals surface area contributed by atoms with Crippen molar-refractivity contribution in [2.45, 2.75) is 97.2 Å². The lowest BCUT2D eigenvalue weighted by Gasteiger charge is -2.62. The van der Waals surface area contributed by atoms with Gasteiger partial charge in [0.2, 0.25) is 0 Å². The first kappa shape index (κ1) is 25.2. The third-order valence-corrected chi connectivity index (χ3v) is 12.8. The Balaban J connectivity index is 1.17. The van der Waals surface area contributed by atoms with Crippen molar-refractivity contribution in [3.63, 3.8) is 0 Å². The molecule has 10 atom stereocenters. The summed E-state index contributed by atoms with van der Waals surface area (Å²) in [7, 11) is 0. The Morgan fingerprint density at radius 3 is 2.58 bits per heavy atom. The third kappa shape index (κ3) is 3.79. The molecule has 1 aromatic carbocycles. The minimum atomic E-state index is -0.833. The average molecular weight is 518 g/mol. The molecule has 4 fully saturated rings. The highest BCUT2D eigenvalue weighted by atomic mass is 32.1. The summed E-state index contributed by atoms with van der Waals surface area (Å²) in [5, 5.41) is 22.7. The Morgan fingerprint density at radius 2 is 1.78 bits per heavy atom. The molecule has 2 N–H and O–H groups in total. The van der Waals surface area contributed by atoms with Crippen LogP contribution in [0.2, 0.25) is 0 Å². The largest absolute Gasteiger partial charge is 0.393 e. The molecule has 4 aliphatic rings. The lowest BCUT2D eigenvalue weighted by atomic mass is 9.43. The number of aryl methyl sites for hydroxylation is 1. The number of aliphatic hydroxyl groups excluding tert-OH is 2. The van der Waals surface area contributed by atoms with Crippen LogP contribution in [0.1, 0.15) is 83.6 Å². The first-order valence-electron chi connectivity index (χ1n) is 14.2. The van der Waals surface area contributed by atoms with Crippen molar-refractivity contribution in [1.82, 2.24) is 4.98 Å². The van der Waals surface area contributed by atoms with Crippen LogP contribution in [0.4, 0.5) is 8.78 Å². The van der Waals surface area contributed by atoms with E-state index in [1.807, 2.05) is 0 Å². The summed E-state index contributed by atoms with van der Waals surface area (Å²) in [6.07, 6.45) is 9.96. The van der Waals surface area contributed by atoms with E-state index in [0.717, 1.165) is 48.2 Å². The Labute approximate surface area is 217 Å². The van der Waals surface area contributed by atoms with Gasteiger partial charge in [0, 0.05) is 0 Å². The molecule has 0 saturated heterocycles. The summed E-state index contributed by atoms with van der Waals surface area (Å²) in [4.78, 5) is 4.44. The zero-order chi connectivity index (χ0) is 25.4. The van der Waals surface area contributed by atoms with E-state index in [4.69, 9.17) is 0 Å². The van der Waals surface area contributed by atoms with Gasteiger partial charge >= 0.3 is 0 Å². The van der Waals surface area contributed by atoms with Crippen LogP contribution in [0, 0.1) is 58.0 Å². The number of fused-ring (bicyclic) bond motifs is 6. The van der Waals surface area contributed by atoms with E-state index in [0.29, 0.717) is 35.5 Å². The maximum atomic E-state index is 14.1. The molecule has 6 rings (SSSR count). The van der Waals surface area contributed by atoms with Gasteiger partial charge in [-0.25, -0.2) is 13.8 Å². The second-order valence-electron chi connectivity index (χ2n) is 13.3. The zero-order valence-electron chi connectivity index (χ0n) is 21.9. The fraction of sp³-hybridized carbons (Fsp3) is 0.767. The second-order valence-corrected chi connectivity index (χ2v) is 14.4. The van der Waals surface area contributed by atoms with Crippen LogP contribution >= 0.6 is 11.3 Å². The normalized spacial score (nSPS) is 43.1. The van der Waals surface area contributed by atoms with Crippen molar-refractivity contribution in [2.75, 3.05) is 0 Å². The highest BCUT2D eigenvalue weighted by Gasteiger charge is 2.62. The Hall–Kier alpha value is -1.11. The van der Waals surface area contributed by atoms with Gasteiger partial charge < -0.3 is 10.2 Å². The maximum absolute atomic E-state index is 14.1. The van der Waals surface area contributed by atoms with Crippen molar-refractivity contribution < 1.29 is 19.0 Å². The number of aliphatic hydroxyl groups is 2. The zero-order valence-corrected chi connectivity index (χ0v) is 22.7. The molecule has 4 aliphatic carbocycles. The molecule has 0 spiro atoms. The van der Waals surface area contributed by atoms with Crippen LogP contribution in [0.15, 0.2) is 12.1 Å². The number of nitrogens with zero attached hydrogens (tertiary/aromatic N) is 1. The molecule has 198 valence electrons. The summed E-state index contributed by atoms with van der Waals surface area (Å²) in [5.41, 5.74) is 0.680. The molecular formula is C30H41F2NO2S. The summed E-state index contributed by atoms with van der Waals surface area (Å²) < 4.78 is 28.5. The minimum Gasteiger partial charge on any atom is -0.393 e. The average Bonchev–Trinajstić information content (AvgIpc) is 3.42. The van der Waals surface area contributed by atoms with Crippen molar-refractivity contribution in [2.24, 2.45) is 46.3 Å². The van der Waals surface area contributed by atoms with Gasteiger partial charge in [0.1, 0.15) is 5.52 Å². The lowest BCUT2D eigenvalue weighted by Crippen LogP contribution is -2.58. The second kappa shape index (κ2) is 8.98. The van der Waals surface area contributed by atoms with Crippen LogP contribution in [-0.4, -0.2) is 27.4 Å². The van der Waals surface area contributed by atoms with E-state index in [1.54, 1.807) is 6.07 Å². The Bertz CT molecular complexity index is 1140. The molecule has 1 heterocycles. The van der Waals surface area contributed by atoms with Gasteiger partial charge in [0.25, 0.3) is 0 Å². The summed E-state index contributed by atoms with van der Waals surface area (Å²) in [6, 6.07) is 2.82. The highest BCUT2D eigenvalue weighted by Crippen LogP contribution is 2.68. The molecule has 2 aromatic rings. The monoisotopic (exact) mass is 517 g/mol. The predicted octanol–water partition coefficient (Wildman–Crippen LogP) is 7.13. The van der Waals surface area contributed by atoms with Crippen molar-refractivity contribution in [3.05, 3.63) is 28.8 Å². The summed E-state index contributed by atoms with van der Waals surface area (Å²) >= 11 is 1.48. The van der Waals surface area contributed by atoms with Gasteiger partial charge in [-0.2, -0.15) is 0 Å². The predicted molar refractivity (Wildman–Crippen MR) is 140 cm³/mol. The number of thiazole rings is 1. The molecule has 6 heteroatoms. The maximum Gasteiger partial charge on any atom is 0.185 e. The molecule has 4 saturated carbocycles. The van der Waals surface area contributed by atoms with Gasteiger partial charge in [-0.15, -0.1) is 11.3 Å². The van der Waals surface area contributed by atoms with Gasteiger partial charge in [-0.05, 0) is 123 Å². The number of hydrogen-bond acceptors (Lipinski definition) is 4. The summed E-state index contributed by atoms with van der Waals surface area (Å²) in [6.45, 7) is 7.34. The van der Waals surface area contributed by atoms with E-state index in [-0.39, 0.29) is 28.6 Å². The fourth-order valence-corrected chi connectivity index (χ4v) is 10.8. The van der Waals surface area contributed by atoms with Crippen LogP contribution in [0.3, 0.4) is 0 Å². The van der Waals surface area contributed by atoms with Gasteiger partial charge in [0.15, 0.2) is 11.6 Å². The fourth-order valence-electron chi connectivity index (χ4n) is 9.82. The lowest BCUT2D eigenvalue weighted by molar-refractivity contribution is -0.174. The molecule has 3 nitrogen and oxygen atoms in total. The molecule has 0 amide bonds. The smallest absolute Gasteiger partial charge is 0.185 e. The molecule has 1 aromatic heterocycles. The van der Waals surface area contributed by atoms with Crippen LogP contribution < -0.4 is 0 Å². The minimum absolute atomic E-state index is 0.169. The van der Waals surface area contributed by atoms with Crippen molar-refractivity contribution in [1.29, 1.82) is 0 Å². The molecular weight excluding hydrogens is 476 g/mol. The van der Waals surface area contributed by atoms with Crippen molar-refractivity contribution >= 4 is 21.6 Å². The van der Waals surface area contributed by atoms with Gasteiger partial charge in [0.05, 0.1) is 21.9 Å². The molecule has 0 aliphatic heterocycles. The SMILES string of the molecule is CC(CCc1nc2c(F)c(F)ccc2s1)[C@H]1CC[C@H]2[C@@H]3[C@H](O)C[C@@H]4C[C@H](O)CC[C@]4(C)[C@H]3CC[C@]12C. The van der Waals surface area contributed by atoms with Crippen LogP contribution in [0.5, 0.6) is 0 Å². The Kier molecular flexibility index (Phi) is 6.28. The number of aromatic nitrogens is 1. The number of hydrogen-bond donors (Lipinski definition) is 2. The molecule has 0 radical (unpaired) electrons. The van der Waals surface area contributed by atoms with E-state index in [2.05, 4.69) is 25.8 Å². The standard InChI is InChI=1S/C30H41F2NO2S/c1-16(4-9-25-33-28-24(36-25)8-7-22(31)27(28)32)19-5-6-20-26-21(11-13-30(19,20)3)29(2)12-10-18(34)14-17(29)15-23(26)35/h7-8,16-21,23,26,34-35H,4-6,9-15H2,1-3H3/t16?,17-,18+,19+,20-,21-,23+,26-,29-,30+/m0/s1. The summed E-state index contributed by atoms with van der Waals surface area (Å²) in [5.74, 6) is 1.47. The molecule has 0 bridgehead atoms. The van der Waals surface area contributed by atoms with E-state index >= 15 is 0 Å². The number of rotatable bonds is 4. The van der Waals surface area contributed by atoms with Crippen LogP contribution in [0.25, 0.3) is 10.2 Å². The topological polar surface area (TPSA) is 53.4 Å². The van der Waals surface area contributed by atoms with E-state index in [9.17, 15) is 19.0 Å². The molecule has 1 unspecified atom stereocenters. The highest BCUT2D eigenvalue weighted by molar-refractivity contribution is 7.18. The first-order chi connectivity index (χ1) is 17.1. The van der Waals surface area contributed by atoms with Crippen LogP contribution in [-0.2, 0) is 6.42 Å². The third-order valence-electron chi connectivity index (χ3n) is 11.7. The van der Waals surface area contributed by atoms with Crippen molar-refractivity contribution in [3.8, 4) is 0 Å².